The summed E-state index contributed by atoms with van der Waals surface area (Å²) >= 11 is 0. The fraction of sp³-hybridized carbons (Fsp3) is 1.00. The second kappa shape index (κ2) is 8.10. The quantitative estimate of drug-likeness (QED) is 0.715. The van der Waals surface area contributed by atoms with E-state index in [9.17, 15) is 0 Å². The molecule has 1 aliphatic heterocycles. The van der Waals surface area contributed by atoms with E-state index in [2.05, 4.69) is 24.1 Å². The van der Waals surface area contributed by atoms with Gasteiger partial charge in [-0.15, -0.1) is 0 Å². The minimum absolute atomic E-state index is 0.244. The van der Waals surface area contributed by atoms with Gasteiger partial charge in [-0.2, -0.15) is 0 Å². The third-order valence-electron chi connectivity index (χ3n) is 3.87. The van der Waals surface area contributed by atoms with E-state index in [1.165, 1.54) is 19.3 Å². The maximum absolute atomic E-state index is 5.28. The Morgan fingerprint density at radius 2 is 2.06 bits per heavy atom. The Labute approximate surface area is 112 Å². The van der Waals surface area contributed by atoms with Gasteiger partial charge >= 0.3 is 0 Å². The average Bonchev–Trinajstić information content (AvgIpc) is 2.35. The molecule has 0 aliphatic carbocycles. The molecule has 0 spiro atoms. The molecule has 1 fully saturated rings. The van der Waals surface area contributed by atoms with Crippen LogP contribution in [0.15, 0.2) is 0 Å². The third kappa shape index (κ3) is 5.22. The van der Waals surface area contributed by atoms with Gasteiger partial charge in [0, 0.05) is 38.9 Å². The zero-order chi connectivity index (χ0) is 13.4. The van der Waals surface area contributed by atoms with Crippen molar-refractivity contribution in [2.45, 2.75) is 44.7 Å². The van der Waals surface area contributed by atoms with Gasteiger partial charge in [-0.25, -0.2) is 0 Å². The molecule has 4 heteroatoms. The highest BCUT2D eigenvalue weighted by molar-refractivity contribution is 4.90. The standard InChI is InChI=1S/C14H30N2O2/c1-13(11-18-4)16(9-10-17-3)12-14(2)7-5-6-8-15-14/h13,15H,5-12H2,1-4H3. The Bertz CT molecular complexity index is 218. The van der Waals surface area contributed by atoms with Gasteiger partial charge in [0.1, 0.15) is 0 Å². The topological polar surface area (TPSA) is 33.7 Å². The summed E-state index contributed by atoms with van der Waals surface area (Å²) in [6, 6.07) is 0.436. The SMILES string of the molecule is COCCN(CC1(C)CCCCN1)C(C)COC. The van der Waals surface area contributed by atoms with Crippen LogP contribution in [0.25, 0.3) is 0 Å². The number of hydrogen-bond donors (Lipinski definition) is 1. The summed E-state index contributed by atoms with van der Waals surface area (Å²) in [5.74, 6) is 0. The molecule has 108 valence electrons. The zero-order valence-corrected chi connectivity index (χ0v) is 12.5. The van der Waals surface area contributed by atoms with Gasteiger partial charge in [-0.05, 0) is 33.2 Å². The van der Waals surface area contributed by atoms with Gasteiger partial charge in [0.05, 0.1) is 13.2 Å². The van der Waals surface area contributed by atoms with Crippen LogP contribution in [0, 0.1) is 0 Å². The molecule has 0 aromatic carbocycles. The van der Waals surface area contributed by atoms with Crippen LogP contribution in [0.3, 0.4) is 0 Å². The first-order valence-electron chi connectivity index (χ1n) is 7.08. The Hall–Kier alpha value is -0.160. The number of piperidine rings is 1. The normalized spacial score (nSPS) is 26.5. The predicted octanol–water partition coefficient (Wildman–Crippen LogP) is 1.50. The first-order valence-corrected chi connectivity index (χ1v) is 7.08. The van der Waals surface area contributed by atoms with Crippen molar-refractivity contribution in [2.75, 3.05) is 47.1 Å². The second-order valence-electron chi connectivity index (χ2n) is 5.71. The van der Waals surface area contributed by atoms with E-state index in [0.29, 0.717) is 6.04 Å². The number of methoxy groups -OCH3 is 2. The van der Waals surface area contributed by atoms with Gasteiger partial charge in [0.15, 0.2) is 0 Å². The van der Waals surface area contributed by atoms with E-state index in [1.807, 2.05) is 0 Å². The highest BCUT2D eigenvalue weighted by Crippen LogP contribution is 2.20. The molecule has 0 bridgehead atoms. The van der Waals surface area contributed by atoms with Crippen LogP contribution >= 0.6 is 0 Å². The fourth-order valence-electron chi connectivity index (χ4n) is 2.71. The molecule has 2 atom stereocenters. The minimum Gasteiger partial charge on any atom is -0.383 e. The molecule has 18 heavy (non-hydrogen) atoms. The van der Waals surface area contributed by atoms with E-state index in [0.717, 1.165) is 32.8 Å². The molecule has 0 radical (unpaired) electrons. The van der Waals surface area contributed by atoms with Crippen molar-refractivity contribution in [3.8, 4) is 0 Å². The highest BCUT2D eigenvalue weighted by atomic mass is 16.5. The Morgan fingerprint density at radius 1 is 1.28 bits per heavy atom. The summed E-state index contributed by atoms with van der Waals surface area (Å²) in [5, 5.41) is 3.68. The molecule has 1 rings (SSSR count). The van der Waals surface area contributed by atoms with Gasteiger partial charge in [-0.3, -0.25) is 4.90 Å². The molecule has 1 aliphatic rings. The third-order valence-corrected chi connectivity index (χ3v) is 3.87. The monoisotopic (exact) mass is 258 g/mol. The summed E-state index contributed by atoms with van der Waals surface area (Å²) in [7, 11) is 3.53. The highest BCUT2D eigenvalue weighted by Gasteiger charge is 2.30. The Balaban J connectivity index is 2.52. The molecule has 1 heterocycles. The lowest BCUT2D eigenvalue weighted by Gasteiger charge is -2.41. The predicted molar refractivity (Wildman–Crippen MR) is 75.0 cm³/mol. The zero-order valence-electron chi connectivity index (χ0n) is 12.5. The second-order valence-corrected chi connectivity index (χ2v) is 5.71. The van der Waals surface area contributed by atoms with E-state index in [-0.39, 0.29) is 5.54 Å². The molecule has 0 aromatic heterocycles. The van der Waals surface area contributed by atoms with E-state index in [1.54, 1.807) is 14.2 Å². The lowest BCUT2D eigenvalue weighted by Crippen LogP contribution is -2.56. The lowest BCUT2D eigenvalue weighted by molar-refractivity contribution is 0.0517. The molecular formula is C14H30N2O2. The summed E-state index contributed by atoms with van der Waals surface area (Å²) < 4.78 is 10.5. The van der Waals surface area contributed by atoms with Crippen LogP contribution < -0.4 is 5.32 Å². The number of nitrogens with one attached hydrogen (secondary N) is 1. The van der Waals surface area contributed by atoms with Crippen LogP contribution in [0.2, 0.25) is 0 Å². The van der Waals surface area contributed by atoms with E-state index < -0.39 is 0 Å². The first-order chi connectivity index (χ1) is 8.61. The van der Waals surface area contributed by atoms with Crippen LogP contribution in [0.5, 0.6) is 0 Å². The van der Waals surface area contributed by atoms with E-state index >= 15 is 0 Å². The smallest absolute Gasteiger partial charge is 0.0615 e. The number of rotatable bonds is 8. The fourth-order valence-corrected chi connectivity index (χ4v) is 2.71. The van der Waals surface area contributed by atoms with Crippen molar-refractivity contribution in [3.05, 3.63) is 0 Å². The molecule has 0 aromatic rings. The summed E-state index contributed by atoms with van der Waals surface area (Å²) in [6.45, 7) is 9.31. The molecular weight excluding hydrogens is 228 g/mol. The Morgan fingerprint density at radius 3 is 2.61 bits per heavy atom. The molecule has 4 nitrogen and oxygen atoms in total. The Kier molecular flexibility index (Phi) is 7.15. The van der Waals surface area contributed by atoms with Crippen molar-refractivity contribution < 1.29 is 9.47 Å². The number of hydrogen-bond acceptors (Lipinski definition) is 4. The summed E-state index contributed by atoms with van der Waals surface area (Å²) in [4.78, 5) is 2.48. The lowest BCUT2D eigenvalue weighted by atomic mass is 9.90. The largest absolute Gasteiger partial charge is 0.383 e. The van der Waals surface area contributed by atoms with Crippen LogP contribution in [0.4, 0.5) is 0 Å². The van der Waals surface area contributed by atoms with Crippen molar-refractivity contribution in [1.82, 2.24) is 10.2 Å². The molecule has 1 saturated heterocycles. The van der Waals surface area contributed by atoms with Gasteiger partial charge in [-0.1, -0.05) is 6.42 Å². The minimum atomic E-state index is 0.244. The number of ether oxygens (including phenoxy) is 2. The molecule has 0 saturated carbocycles. The molecule has 2 unspecified atom stereocenters. The first kappa shape index (κ1) is 15.9. The van der Waals surface area contributed by atoms with Crippen LogP contribution in [-0.4, -0.2) is 63.5 Å². The maximum atomic E-state index is 5.28. The van der Waals surface area contributed by atoms with Crippen molar-refractivity contribution in [1.29, 1.82) is 0 Å². The van der Waals surface area contributed by atoms with Gasteiger partial charge in [0.25, 0.3) is 0 Å². The summed E-state index contributed by atoms with van der Waals surface area (Å²) in [6.07, 6.45) is 3.90. The maximum Gasteiger partial charge on any atom is 0.0615 e. The summed E-state index contributed by atoms with van der Waals surface area (Å²) in [5.41, 5.74) is 0.244. The van der Waals surface area contributed by atoms with E-state index in [4.69, 9.17) is 9.47 Å². The van der Waals surface area contributed by atoms with Gasteiger partial charge in [0.2, 0.25) is 0 Å². The van der Waals surface area contributed by atoms with Crippen LogP contribution in [-0.2, 0) is 9.47 Å². The van der Waals surface area contributed by atoms with Crippen molar-refractivity contribution in [2.24, 2.45) is 0 Å². The van der Waals surface area contributed by atoms with Crippen LogP contribution in [0.1, 0.15) is 33.1 Å². The van der Waals surface area contributed by atoms with Crippen molar-refractivity contribution >= 4 is 0 Å². The average molecular weight is 258 g/mol. The number of nitrogens with zero attached hydrogens (tertiary/aromatic N) is 1. The molecule has 1 N–H and O–H groups in total. The van der Waals surface area contributed by atoms with Crippen molar-refractivity contribution in [3.63, 3.8) is 0 Å². The molecule has 0 amide bonds. The van der Waals surface area contributed by atoms with Gasteiger partial charge < -0.3 is 14.8 Å².